The summed E-state index contributed by atoms with van der Waals surface area (Å²) in [5.74, 6) is 1.24. The fourth-order valence-corrected chi connectivity index (χ4v) is 4.29. The average molecular weight is 638 g/mol. The third-order valence-electron chi connectivity index (χ3n) is 6.72. The van der Waals surface area contributed by atoms with Gasteiger partial charge in [-0.2, -0.15) is 26.3 Å². The summed E-state index contributed by atoms with van der Waals surface area (Å²) >= 11 is 0. The molecule has 1 aromatic carbocycles. The number of anilines is 1. The third-order valence-corrected chi connectivity index (χ3v) is 6.72. The number of pyridine rings is 1. The van der Waals surface area contributed by atoms with E-state index in [2.05, 4.69) is 10.3 Å². The Balaban J connectivity index is 2.21. The van der Waals surface area contributed by atoms with E-state index in [0.29, 0.717) is 5.56 Å². The number of hydrazine groups is 1. The molecular weight excluding hydrogens is 604 g/mol. The van der Waals surface area contributed by atoms with Crippen LogP contribution < -0.4 is 16.6 Å². The molecule has 1 heterocycles. The van der Waals surface area contributed by atoms with E-state index in [4.69, 9.17) is 15.3 Å². The Bertz CT molecular complexity index is 1310. The smallest absolute Gasteiger partial charge is 0.428 e. The molecule has 0 aliphatic carbocycles. The number of nitrogens with one attached hydrogen (secondary N) is 2. The Morgan fingerprint density at radius 2 is 1.68 bits per heavy atom. The number of hydrogen-bond donors (Lipinski definition) is 3. The van der Waals surface area contributed by atoms with Crippen LogP contribution in [0.5, 0.6) is 0 Å². The summed E-state index contributed by atoms with van der Waals surface area (Å²) in [6.07, 6.45) is -11.0. The number of halogens is 6. The Labute approximate surface area is 248 Å². The summed E-state index contributed by atoms with van der Waals surface area (Å²) in [5, 5.41) is 13.7. The minimum Gasteiger partial charge on any atom is -0.464 e. The number of ether oxygens (including phenoxy) is 2. The summed E-state index contributed by atoms with van der Waals surface area (Å²) in [7, 11) is 0. The molecule has 1 amide bonds. The van der Waals surface area contributed by atoms with Crippen LogP contribution in [0.25, 0.3) is 0 Å². The number of nitrogens with two attached hydrogens (primary N) is 1. The first-order chi connectivity index (χ1) is 20.4. The quantitative estimate of drug-likeness (QED) is 0.0557. The van der Waals surface area contributed by atoms with Crippen LogP contribution >= 0.6 is 0 Å². The lowest BCUT2D eigenvalue weighted by Gasteiger charge is -2.34. The van der Waals surface area contributed by atoms with E-state index in [-0.39, 0.29) is 38.5 Å². The van der Waals surface area contributed by atoms with Crippen LogP contribution in [0.2, 0.25) is 0 Å². The van der Waals surface area contributed by atoms with Gasteiger partial charge in [0.25, 0.3) is 11.5 Å². The number of hydrogen-bond acceptors (Lipinski definition) is 9. The van der Waals surface area contributed by atoms with Gasteiger partial charge in [-0.05, 0) is 43.6 Å². The first-order valence-electron chi connectivity index (χ1n) is 13.3. The number of rotatable bonds is 15. The van der Waals surface area contributed by atoms with Crippen molar-refractivity contribution in [2.45, 2.75) is 71.0 Å². The fraction of sp³-hybridized carbons (Fsp3) is 0.519. The predicted molar refractivity (Wildman–Crippen MR) is 145 cm³/mol. The van der Waals surface area contributed by atoms with Gasteiger partial charge in [0.05, 0.1) is 18.1 Å². The molecule has 2 rings (SSSR count). The van der Waals surface area contributed by atoms with E-state index >= 15 is 0 Å². The van der Waals surface area contributed by atoms with E-state index < -0.39 is 76.0 Å². The number of carbonyl (C=O) groups excluding carboxylic acids is 2. The van der Waals surface area contributed by atoms with E-state index in [9.17, 15) is 46.0 Å². The number of nitrogen functional groups attached to an aromatic ring is 1. The molecule has 0 radical (unpaired) electrons. The minimum absolute atomic E-state index is 0.0846. The van der Waals surface area contributed by atoms with Crippen LogP contribution in [0.15, 0.2) is 36.4 Å². The van der Waals surface area contributed by atoms with Gasteiger partial charge in [-0.3, -0.25) is 20.3 Å². The summed E-state index contributed by atoms with van der Waals surface area (Å²) in [6, 6.07) is 8.11. The SMILES string of the molecule is CCOC(=O)C(CCCC(C)(C)CCNc1nc(C(=O)NN)c([N+](=O)[O-])cc1C(F)(F)F)(OCc1ccccc1)C(F)(F)F. The summed E-state index contributed by atoms with van der Waals surface area (Å²) in [4.78, 5) is 38.1. The molecule has 44 heavy (non-hydrogen) atoms. The van der Waals surface area contributed by atoms with Crippen molar-refractivity contribution in [2.24, 2.45) is 11.3 Å². The minimum atomic E-state index is -5.12. The summed E-state index contributed by atoms with van der Waals surface area (Å²) in [6.45, 7) is 3.63. The topological polar surface area (TPSA) is 159 Å². The first kappa shape index (κ1) is 36.2. The second-order valence-electron chi connectivity index (χ2n) is 10.5. The van der Waals surface area contributed by atoms with Gasteiger partial charge >= 0.3 is 24.0 Å². The highest BCUT2D eigenvalue weighted by Crippen LogP contribution is 2.42. The van der Waals surface area contributed by atoms with Crippen molar-refractivity contribution in [2.75, 3.05) is 18.5 Å². The van der Waals surface area contributed by atoms with Gasteiger partial charge in [0.2, 0.25) is 5.69 Å². The molecule has 1 atom stereocenters. The number of nitrogens with zero attached hydrogens (tertiary/aromatic N) is 2. The van der Waals surface area contributed by atoms with Crippen molar-refractivity contribution < 1.29 is 50.3 Å². The molecule has 244 valence electrons. The lowest BCUT2D eigenvalue weighted by Crippen LogP contribution is -2.55. The highest BCUT2D eigenvalue weighted by molar-refractivity contribution is 5.96. The van der Waals surface area contributed by atoms with Gasteiger partial charge in [-0.25, -0.2) is 15.6 Å². The monoisotopic (exact) mass is 637 g/mol. The summed E-state index contributed by atoms with van der Waals surface area (Å²) in [5.41, 5.74) is -5.72. The number of aromatic nitrogens is 1. The molecule has 0 fully saturated rings. The normalized spacial score (nSPS) is 13.6. The molecule has 0 saturated heterocycles. The number of alkyl halides is 6. The van der Waals surface area contributed by atoms with E-state index in [1.165, 1.54) is 19.1 Å². The second kappa shape index (κ2) is 14.7. The molecule has 0 aliphatic rings. The van der Waals surface area contributed by atoms with Crippen molar-refractivity contribution in [1.82, 2.24) is 10.4 Å². The molecule has 1 aromatic heterocycles. The molecule has 17 heteroatoms. The fourth-order valence-electron chi connectivity index (χ4n) is 4.29. The van der Waals surface area contributed by atoms with E-state index in [1.54, 1.807) is 37.5 Å². The van der Waals surface area contributed by atoms with Crippen molar-refractivity contribution in [3.63, 3.8) is 0 Å². The zero-order chi connectivity index (χ0) is 33.3. The Morgan fingerprint density at radius 3 is 2.20 bits per heavy atom. The van der Waals surface area contributed by atoms with E-state index in [1.807, 2.05) is 0 Å². The Hall–Kier alpha value is -3.99. The Kier molecular flexibility index (Phi) is 12.1. The van der Waals surface area contributed by atoms with Crippen LogP contribution in [0.3, 0.4) is 0 Å². The van der Waals surface area contributed by atoms with Crippen LogP contribution in [0.1, 0.15) is 68.1 Å². The van der Waals surface area contributed by atoms with Gasteiger partial charge in [0, 0.05) is 12.6 Å². The molecular formula is C27H33F6N5O6. The van der Waals surface area contributed by atoms with Crippen LogP contribution in [-0.2, 0) is 27.1 Å². The number of benzene rings is 1. The first-order valence-corrected chi connectivity index (χ1v) is 13.3. The summed E-state index contributed by atoms with van der Waals surface area (Å²) < 4.78 is 94.1. The number of amides is 1. The van der Waals surface area contributed by atoms with Gasteiger partial charge in [0.15, 0.2) is 0 Å². The average Bonchev–Trinajstić information content (AvgIpc) is 2.93. The molecule has 1 unspecified atom stereocenters. The second-order valence-corrected chi connectivity index (χ2v) is 10.5. The lowest BCUT2D eigenvalue weighted by molar-refractivity contribution is -0.385. The van der Waals surface area contributed by atoms with Crippen molar-refractivity contribution >= 4 is 23.4 Å². The standard InChI is InChI=1S/C27H33F6N5O6/c1-4-43-23(40)25(27(31,32)33,44-16-17-9-6-5-7-10-17)12-8-11-24(2,3)13-14-35-21-18(26(28,29)30)15-19(38(41)42)20(36-21)22(39)37-34/h5-7,9-10,15H,4,8,11-14,16,34H2,1-3H3,(H,35,36)(H,37,39). The van der Waals surface area contributed by atoms with Gasteiger partial charge in [-0.1, -0.05) is 44.2 Å². The van der Waals surface area contributed by atoms with Gasteiger partial charge in [0.1, 0.15) is 11.4 Å². The van der Waals surface area contributed by atoms with Gasteiger partial charge < -0.3 is 14.8 Å². The van der Waals surface area contributed by atoms with E-state index in [0.717, 1.165) is 0 Å². The maximum absolute atomic E-state index is 14.4. The van der Waals surface area contributed by atoms with Crippen LogP contribution in [-0.4, -0.2) is 46.7 Å². The largest absolute Gasteiger partial charge is 0.464 e. The molecule has 0 saturated carbocycles. The highest BCUT2D eigenvalue weighted by Gasteiger charge is 2.62. The van der Waals surface area contributed by atoms with Crippen molar-refractivity contribution in [3.8, 4) is 0 Å². The third kappa shape index (κ3) is 9.25. The predicted octanol–water partition coefficient (Wildman–Crippen LogP) is 5.69. The van der Waals surface area contributed by atoms with Crippen molar-refractivity contribution in [1.29, 1.82) is 0 Å². The molecule has 4 N–H and O–H groups in total. The highest BCUT2D eigenvalue weighted by atomic mass is 19.4. The van der Waals surface area contributed by atoms with Crippen LogP contribution in [0.4, 0.5) is 37.8 Å². The van der Waals surface area contributed by atoms with Crippen molar-refractivity contribution in [3.05, 3.63) is 63.3 Å². The zero-order valence-corrected chi connectivity index (χ0v) is 24.1. The zero-order valence-electron chi connectivity index (χ0n) is 24.1. The number of esters is 1. The molecule has 2 aromatic rings. The maximum atomic E-state index is 14.4. The van der Waals surface area contributed by atoms with Crippen LogP contribution in [0, 0.1) is 15.5 Å². The Morgan fingerprint density at radius 1 is 1.05 bits per heavy atom. The molecule has 0 bridgehead atoms. The number of nitro groups is 1. The molecule has 0 aliphatic heterocycles. The molecule has 0 spiro atoms. The number of carbonyl (C=O) groups is 2. The maximum Gasteiger partial charge on any atom is 0.428 e. The lowest BCUT2D eigenvalue weighted by atomic mass is 9.82. The van der Waals surface area contributed by atoms with Gasteiger partial charge in [-0.15, -0.1) is 0 Å². The molecule has 11 nitrogen and oxygen atoms in total.